The fraction of sp³-hybridized carbons (Fsp3) is 0.0833. The zero-order valence-electron chi connectivity index (χ0n) is 11.0. The number of ketones is 1. The van der Waals surface area contributed by atoms with Gasteiger partial charge in [-0.15, -0.1) is 0 Å². The Morgan fingerprint density at radius 2 is 1.86 bits per heavy atom. The Morgan fingerprint density at radius 1 is 1.18 bits per heavy atom. The van der Waals surface area contributed by atoms with E-state index in [1.54, 1.807) is 10.8 Å². The molecule has 0 spiro atoms. The van der Waals surface area contributed by atoms with Gasteiger partial charge in [0.1, 0.15) is 0 Å². The van der Waals surface area contributed by atoms with Gasteiger partial charge in [-0.3, -0.25) is 9.59 Å². The van der Waals surface area contributed by atoms with Crippen molar-refractivity contribution in [3.63, 3.8) is 0 Å². The van der Waals surface area contributed by atoms with Crippen LogP contribution in [0, 0.1) is 0 Å². The number of carbonyl (C=O) groups is 2. The van der Waals surface area contributed by atoms with E-state index < -0.39 is 21.7 Å². The topological polar surface area (TPSA) is 106 Å². The van der Waals surface area contributed by atoms with E-state index in [-0.39, 0.29) is 16.5 Å². The molecule has 0 bridgehead atoms. The van der Waals surface area contributed by atoms with E-state index in [1.807, 2.05) is 0 Å². The van der Waals surface area contributed by atoms with Gasteiger partial charge in [0.05, 0.1) is 16.3 Å². The van der Waals surface area contributed by atoms with Gasteiger partial charge >= 0.3 is 5.91 Å². The SMILES string of the molecule is CS(=O)(=O)NC(=O)C(=O)c1cc(-c2ccc(Cl)c(Cl)c2)on1. The highest BCUT2D eigenvalue weighted by Gasteiger charge is 2.23. The minimum absolute atomic E-state index is 0.175. The van der Waals surface area contributed by atoms with Crippen LogP contribution in [0.2, 0.25) is 10.0 Å². The Labute approximate surface area is 135 Å². The van der Waals surface area contributed by atoms with Crippen LogP contribution in [0.4, 0.5) is 0 Å². The molecule has 2 aromatic rings. The lowest BCUT2D eigenvalue weighted by Gasteiger charge is -1.98. The maximum Gasteiger partial charge on any atom is 0.307 e. The Morgan fingerprint density at radius 3 is 2.45 bits per heavy atom. The molecule has 0 aliphatic carbocycles. The molecule has 10 heteroatoms. The molecule has 116 valence electrons. The van der Waals surface area contributed by atoms with E-state index >= 15 is 0 Å². The van der Waals surface area contributed by atoms with Gasteiger partial charge in [0.15, 0.2) is 11.5 Å². The number of halogens is 2. The number of Topliss-reactive ketones (excluding diaryl/α,β-unsaturated/α-hetero) is 1. The second-order valence-electron chi connectivity index (χ2n) is 4.24. The highest BCUT2D eigenvalue weighted by atomic mass is 35.5. The third-order valence-corrected chi connectivity index (χ3v) is 3.73. The normalized spacial score (nSPS) is 11.2. The molecule has 0 aliphatic rings. The minimum Gasteiger partial charge on any atom is -0.356 e. The maximum absolute atomic E-state index is 11.7. The Kier molecular flexibility index (Phi) is 4.55. The fourth-order valence-electron chi connectivity index (χ4n) is 1.50. The first-order valence-corrected chi connectivity index (χ1v) is 8.30. The van der Waals surface area contributed by atoms with Crippen LogP contribution >= 0.6 is 23.2 Å². The van der Waals surface area contributed by atoms with E-state index in [1.165, 1.54) is 18.2 Å². The first-order chi connectivity index (χ1) is 10.2. The second kappa shape index (κ2) is 6.07. The van der Waals surface area contributed by atoms with Crippen molar-refractivity contribution in [2.75, 3.05) is 6.26 Å². The van der Waals surface area contributed by atoms with Gasteiger partial charge in [-0.05, 0) is 18.2 Å². The minimum atomic E-state index is -3.84. The van der Waals surface area contributed by atoms with Gasteiger partial charge in [-0.2, -0.15) is 0 Å². The zero-order valence-corrected chi connectivity index (χ0v) is 13.3. The molecular weight excluding hydrogens is 355 g/mol. The zero-order chi connectivity index (χ0) is 16.5. The van der Waals surface area contributed by atoms with E-state index in [4.69, 9.17) is 27.7 Å². The summed E-state index contributed by atoms with van der Waals surface area (Å²) in [5.74, 6) is -2.29. The Hall–Kier alpha value is -1.90. The molecule has 1 aromatic heterocycles. The summed E-state index contributed by atoms with van der Waals surface area (Å²) in [6, 6.07) is 5.80. The standard InChI is InChI=1S/C12H8Cl2N2O5S/c1-22(19,20)16-12(18)11(17)9-5-10(21-15-9)6-2-3-7(13)8(14)4-6/h2-5H,1H3,(H,16,18). The van der Waals surface area contributed by atoms with Crippen molar-refractivity contribution in [2.24, 2.45) is 0 Å². The smallest absolute Gasteiger partial charge is 0.307 e. The molecule has 0 atom stereocenters. The number of rotatable bonds is 4. The van der Waals surface area contributed by atoms with E-state index in [0.29, 0.717) is 10.6 Å². The van der Waals surface area contributed by atoms with Crippen LogP contribution in [0.15, 0.2) is 28.8 Å². The van der Waals surface area contributed by atoms with Crippen LogP contribution in [0.1, 0.15) is 10.5 Å². The Balaban J connectivity index is 2.26. The highest BCUT2D eigenvalue weighted by Crippen LogP contribution is 2.28. The molecule has 0 aliphatic heterocycles. The van der Waals surface area contributed by atoms with Crippen LogP contribution in [0.5, 0.6) is 0 Å². The summed E-state index contributed by atoms with van der Waals surface area (Å²) >= 11 is 11.6. The van der Waals surface area contributed by atoms with Gasteiger partial charge in [-0.1, -0.05) is 28.4 Å². The van der Waals surface area contributed by atoms with Crippen LogP contribution in [-0.4, -0.2) is 31.5 Å². The predicted octanol–water partition coefficient (Wildman–Crippen LogP) is 1.91. The molecule has 0 saturated carbocycles. The number of hydrogen-bond acceptors (Lipinski definition) is 6. The Bertz CT molecular complexity index is 860. The third kappa shape index (κ3) is 3.85. The molecule has 1 amide bonds. The summed E-state index contributed by atoms with van der Waals surface area (Å²) in [6.45, 7) is 0. The largest absolute Gasteiger partial charge is 0.356 e. The second-order valence-corrected chi connectivity index (χ2v) is 6.80. The number of amides is 1. The number of nitrogens with zero attached hydrogens (tertiary/aromatic N) is 1. The van der Waals surface area contributed by atoms with Crippen molar-refractivity contribution in [3.05, 3.63) is 40.0 Å². The summed E-state index contributed by atoms with van der Waals surface area (Å²) in [5.41, 5.74) is 0.159. The average Bonchev–Trinajstić information content (AvgIpc) is 2.88. The average molecular weight is 363 g/mol. The molecule has 0 fully saturated rings. The van der Waals surface area contributed by atoms with Gasteiger partial charge in [-0.25, -0.2) is 13.1 Å². The molecule has 1 heterocycles. The molecule has 7 nitrogen and oxygen atoms in total. The van der Waals surface area contributed by atoms with Crippen LogP contribution < -0.4 is 4.72 Å². The molecule has 0 saturated heterocycles. The van der Waals surface area contributed by atoms with E-state index in [0.717, 1.165) is 6.26 Å². The van der Waals surface area contributed by atoms with Crippen molar-refractivity contribution in [3.8, 4) is 11.3 Å². The third-order valence-electron chi connectivity index (χ3n) is 2.43. The van der Waals surface area contributed by atoms with Crippen molar-refractivity contribution < 1.29 is 22.5 Å². The molecule has 1 aromatic carbocycles. The van der Waals surface area contributed by atoms with Gasteiger partial charge in [0.25, 0.3) is 5.78 Å². The van der Waals surface area contributed by atoms with Crippen molar-refractivity contribution in [2.45, 2.75) is 0 Å². The number of hydrogen-bond donors (Lipinski definition) is 1. The number of sulfonamides is 1. The van der Waals surface area contributed by atoms with Gasteiger partial charge in [0, 0.05) is 11.6 Å². The number of benzene rings is 1. The van der Waals surface area contributed by atoms with Crippen LogP contribution in [0.25, 0.3) is 11.3 Å². The fourth-order valence-corrected chi connectivity index (χ4v) is 2.23. The van der Waals surface area contributed by atoms with Crippen molar-refractivity contribution in [1.82, 2.24) is 9.88 Å². The van der Waals surface area contributed by atoms with E-state index in [2.05, 4.69) is 5.16 Å². The van der Waals surface area contributed by atoms with Crippen LogP contribution in [-0.2, 0) is 14.8 Å². The number of aromatic nitrogens is 1. The molecule has 22 heavy (non-hydrogen) atoms. The summed E-state index contributed by atoms with van der Waals surface area (Å²) in [6.07, 6.45) is 0.752. The van der Waals surface area contributed by atoms with Crippen LogP contribution in [0.3, 0.4) is 0 Å². The monoisotopic (exact) mass is 362 g/mol. The lowest BCUT2D eigenvalue weighted by atomic mass is 10.1. The predicted molar refractivity (Wildman–Crippen MR) is 79.3 cm³/mol. The first-order valence-electron chi connectivity index (χ1n) is 5.66. The maximum atomic E-state index is 11.7. The molecule has 1 N–H and O–H groups in total. The van der Waals surface area contributed by atoms with E-state index in [9.17, 15) is 18.0 Å². The van der Waals surface area contributed by atoms with Gasteiger partial charge < -0.3 is 4.52 Å². The molecular formula is C12H8Cl2N2O5S. The lowest BCUT2D eigenvalue weighted by Crippen LogP contribution is -2.35. The summed E-state index contributed by atoms with van der Waals surface area (Å²) in [5, 5.41) is 4.06. The molecule has 0 unspecified atom stereocenters. The lowest BCUT2D eigenvalue weighted by molar-refractivity contribution is -0.115. The molecule has 2 rings (SSSR count). The molecule has 0 radical (unpaired) electrons. The summed E-state index contributed by atoms with van der Waals surface area (Å²) in [7, 11) is -3.84. The highest BCUT2D eigenvalue weighted by molar-refractivity contribution is 7.89. The quantitative estimate of drug-likeness (QED) is 0.657. The van der Waals surface area contributed by atoms with Gasteiger partial charge in [0.2, 0.25) is 10.0 Å². The van der Waals surface area contributed by atoms with Crippen molar-refractivity contribution >= 4 is 44.9 Å². The number of carbonyl (C=O) groups excluding carboxylic acids is 2. The van der Waals surface area contributed by atoms with Crippen molar-refractivity contribution in [1.29, 1.82) is 0 Å². The summed E-state index contributed by atoms with van der Waals surface area (Å²) < 4.78 is 28.3. The number of nitrogens with one attached hydrogen (secondary N) is 1. The first kappa shape index (κ1) is 16.5. The summed E-state index contributed by atoms with van der Waals surface area (Å²) in [4.78, 5) is 23.2.